The zero-order chi connectivity index (χ0) is 24.7. The van der Waals surface area contributed by atoms with Crippen LogP contribution >= 0.6 is 0 Å². The highest BCUT2D eigenvalue weighted by Crippen LogP contribution is 2.24. The number of ether oxygens (including phenoxy) is 1. The van der Waals surface area contributed by atoms with Gasteiger partial charge in [0, 0.05) is 25.3 Å². The van der Waals surface area contributed by atoms with Crippen LogP contribution in [0.2, 0.25) is 0 Å². The molecule has 184 valence electrons. The molecule has 6 nitrogen and oxygen atoms in total. The maximum atomic E-state index is 12.5. The second-order valence-corrected chi connectivity index (χ2v) is 11.4. The Bertz CT molecular complexity index is 1200. The molecule has 1 saturated heterocycles. The van der Waals surface area contributed by atoms with Gasteiger partial charge in [-0.05, 0) is 66.9 Å². The lowest BCUT2D eigenvalue weighted by molar-refractivity contribution is -0.126. The molecule has 1 aliphatic rings. The maximum absolute atomic E-state index is 12.5. The van der Waals surface area contributed by atoms with Gasteiger partial charge in [-0.2, -0.15) is 0 Å². The summed E-state index contributed by atoms with van der Waals surface area (Å²) < 4.78 is 28.7. The van der Waals surface area contributed by atoms with Gasteiger partial charge in [-0.3, -0.25) is 9.69 Å². The summed E-state index contributed by atoms with van der Waals surface area (Å²) in [5, 5.41) is 3.07. The third-order valence-corrected chi connectivity index (χ3v) is 7.04. The molecule has 0 unspecified atom stereocenters. The van der Waals surface area contributed by atoms with Crippen LogP contribution in [0.4, 0.5) is 0 Å². The van der Waals surface area contributed by atoms with Gasteiger partial charge in [0.25, 0.3) is 0 Å². The first kappa shape index (κ1) is 24.9. The van der Waals surface area contributed by atoms with E-state index in [4.69, 9.17) is 4.74 Å². The fourth-order valence-electron chi connectivity index (χ4n) is 4.30. The number of hydrogen-bond acceptors (Lipinski definition) is 5. The average molecular weight is 493 g/mol. The molecule has 0 atom stereocenters. The lowest BCUT2D eigenvalue weighted by Crippen LogP contribution is -2.40. The third-order valence-electron chi connectivity index (χ3n) is 6.19. The molecule has 0 saturated carbocycles. The summed E-state index contributed by atoms with van der Waals surface area (Å²) in [6, 6.07) is 25.1. The molecular weight excluding hydrogens is 460 g/mol. The van der Waals surface area contributed by atoms with Gasteiger partial charge in [0.1, 0.15) is 11.5 Å². The molecule has 1 amide bonds. The minimum absolute atomic E-state index is 0.0254. The van der Waals surface area contributed by atoms with E-state index in [1.54, 1.807) is 24.3 Å². The summed E-state index contributed by atoms with van der Waals surface area (Å²) >= 11 is 0. The van der Waals surface area contributed by atoms with Gasteiger partial charge in [0.15, 0.2) is 9.84 Å². The molecule has 0 radical (unpaired) electrons. The number of hydrogen-bond donors (Lipinski definition) is 1. The number of carbonyl (C=O) groups is 1. The second kappa shape index (κ2) is 11.5. The Morgan fingerprint density at radius 2 is 1.43 bits per heavy atom. The lowest BCUT2D eigenvalue weighted by Gasteiger charge is -2.31. The van der Waals surface area contributed by atoms with Gasteiger partial charge in [-0.25, -0.2) is 8.42 Å². The van der Waals surface area contributed by atoms with Gasteiger partial charge in [-0.1, -0.05) is 54.6 Å². The molecule has 3 aromatic rings. The van der Waals surface area contributed by atoms with E-state index in [-0.39, 0.29) is 17.6 Å². The van der Waals surface area contributed by atoms with Gasteiger partial charge < -0.3 is 10.1 Å². The van der Waals surface area contributed by atoms with Crippen LogP contribution in [0.25, 0.3) is 0 Å². The molecule has 7 heteroatoms. The molecular formula is C28H32N2O4S. The number of piperidine rings is 1. The van der Waals surface area contributed by atoms with Crippen molar-refractivity contribution < 1.29 is 17.9 Å². The van der Waals surface area contributed by atoms with Crippen molar-refractivity contribution in [2.24, 2.45) is 5.92 Å². The monoisotopic (exact) mass is 492 g/mol. The highest BCUT2D eigenvalue weighted by Gasteiger charge is 2.24. The fraction of sp³-hybridized carbons (Fsp3) is 0.321. The molecule has 35 heavy (non-hydrogen) atoms. The molecule has 0 aromatic heterocycles. The average Bonchev–Trinajstić information content (AvgIpc) is 2.85. The van der Waals surface area contributed by atoms with Crippen molar-refractivity contribution in [2.45, 2.75) is 31.7 Å². The van der Waals surface area contributed by atoms with Crippen molar-refractivity contribution in [1.82, 2.24) is 10.2 Å². The molecule has 1 fully saturated rings. The summed E-state index contributed by atoms with van der Waals surface area (Å²) in [6.45, 7) is 3.24. The SMILES string of the molecule is CS(=O)(=O)Cc1ccc(Oc2ccc(CN3CCC(C(=O)NCc4ccccc4)CC3)cc2)cc1. The Morgan fingerprint density at radius 1 is 0.857 bits per heavy atom. The Hall–Kier alpha value is -3.16. The lowest BCUT2D eigenvalue weighted by atomic mass is 9.95. The van der Waals surface area contributed by atoms with Crippen LogP contribution < -0.4 is 10.1 Å². The maximum Gasteiger partial charge on any atom is 0.223 e. The van der Waals surface area contributed by atoms with Crippen LogP contribution in [0.15, 0.2) is 78.9 Å². The highest BCUT2D eigenvalue weighted by atomic mass is 32.2. The van der Waals surface area contributed by atoms with Crippen LogP contribution in [0.3, 0.4) is 0 Å². The number of amides is 1. The number of nitrogens with zero attached hydrogens (tertiary/aromatic N) is 1. The molecule has 1 aliphatic heterocycles. The van der Waals surface area contributed by atoms with E-state index >= 15 is 0 Å². The predicted octanol–water partition coefficient (Wildman–Crippen LogP) is 4.55. The van der Waals surface area contributed by atoms with Crippen LogP contribution in [-0.2, 0) is 33.5 Å². The highest BCUT2D eigenvalue weighted by molar-refractivity contribution is 7.89. The topological polar surface area (TPSA) is 75.7 Å². The van der Waals surface area contributed by atoms with E-state index < -0.39 is 9.84 Å². The summed E-state index contributed by atoms with van der Waals surface area (Å²) in [4.78, 5) is 14.9. The summed E-state index contributed by atoms with van der Waals surface area (Å²) in [5.41, 5.74) is 3.06. The van der Waals surface area contributed by atoms with Crippen LogP contribution in [-0.4, -0.2) is 38.6 Å². The Kier molecular flexibility index (Phi) is 8.21. The van der Waals surface area contributed by atoms with Crippen molar-refractivity contribution in [3.63, 3.8) is 0 Å². The van der Waals surface area contributed by atoms with Gasteiger partial charge in [0.2, 0.25) is 5.91 Å². The number of rotatable bonds is 9. The van der Waals surface area contributed by atoms with Crippen molar-refractivity contribution in [3.05, 3.63) is 95.6 Å². The summed E-state index contributed by atoms with van der Waals surface area (Å²) in [7, 11) is -3.05. The molecule has 0 spiro atoms. The molecule has 4 rings (SSSR count). The largest absolute Gasteiger partial charge is 0.457 e. The van der Waals surface area contributed by atoms with E-state index in [2.05, 4.69) is 22.3 Å². The molecule has 1 heterocycles. The van der Waals surface area contributed by atoms with Crippen molar-refractivity contribution in [3.8, 4) is 11.5 Å². The minimum Gasteiger partial charge on any atom is -0.457 e. The Labute approximate surface area is 207 Å². The number of sulfone groups is 1. The molecule has 0 bridgehead atoms. The first-order valence-corrected chi connectivity index (χ1v) is 14.0. The first-order chi connectivity index (χ1) is 16.8. The quantitative estimate of drug-likeness (QED) is 0.474. The summed E-state index contributed by atoms with van der Waals surface area (Å²) in [6.07, 6.45) is 2.97. The van der Waals surface area contributed by atoms with Gasteiger partial charge in [0.05, 0.1) is 5.75 Å². The van der Waals surface area contributed by atoms with E-state index in [0.717, 1.165) is 49.4 Å². The van der Waals surface area contributed by atoms with E-state index in [0.29, 0.717) is 12.3 Å². The molecule has 1 N–H and O–H groups in total. The minimum atomic E-state index is -3.05. The fourth-order valence-corrected chi connectivity index (χ4v) is 5.09. The van der Waals surface area contributed by atoms with Crippen LogP contribution in [0, 0.1) is 5.92 Å². The zero-order valence-electron chi connectivity index (χ0n) is 20.0. The smallest absolute Gasteiger partial charge is 0.223 e. The number of carbonyl (C=O) groups excluding carboxylic acids is 1. The van der Waals surface area contributed by atoms with Gasteiger partial charge in [-0.15, -0.1) is 0 Å². The van der Waals surface area contributed by atoms with E-state index in [1.807, 2.05) is 42.5 Å². The van der Waals surface area contributed by atoms with Crippen LogP contribution in [0.1, 0.15) is 29.5 Å². The van der Waals surface area contributed by atoms with E-state index in [9.17, 15) is 13.2 Å². The van der Waals surface area contributed by atoms with Crippen molar-refractivity contribution in [1.29, 1.82) is 0 Å². The predicted molar refractivity (Wildman–Crippen MR) is 138 cm³/mol. The van der Waals surface area contributed by atoms with Crippen molar-refractivity contribution in [2.75, 3.05) is 19.3 Å². The normalized spacial score (nSPS) is 15.0. The first-order valence-electron chi connectivity index (χ1n) is 11.9. The third kappa shape index (κ3) is 7.94. The van der Waals surface area contributed by atoms with E-state index in [1.165, 1.54) is 11.8 Å². The van der Waals surface area contributed by atoms with Gasteiger partial charge >= 0.3 is 0 Å². The standard InChI is InChI=1S/C28H32N2O4S/c1-35(32,33)21-24-9-13-27(14-10-24)34-26-11-7-23(8-12-26)20-30-17-15-25(16-18-30)28(31)29-19-22-5-3-2-4-6-22/h2-14,25H,15-21H2,1H3,(H,29,31). The van der Waals surface area contributed by atoms with Crippen LogP contribution in [0.5, 0.6) is 11.5 Å². The Balaban J connectivity index is 1.21. The number of benzene rings is 3. The number of nitrogens with one attached hydrogen (secondary N) is 1. The zero-order valence-corrected chi connectivity index (χ0v) is 20.8. The Morgan fingerprint density at radius 3 is 2.00 bits per heavy atom. The molecule has 3 aromatic carbocycles. The number of likely N-dealkylation sites (tertiary alicyclic amines) is 1. The summed E-state index contributed by atoms with van der Waals surface area (Å²) in [5.74, 6) is 1.66. The second-order valence-electron chi connectivity index (χ2n) is 9.21. The van der Waals surface area contributed by atoms with Crippen molar-refractivity contribution >= 4 is 15.7 Å². The molecule has 0 aliphatic carbocycles.